The van der Waals surface area contributed by atoms with E-state index in [1.54, 1.807) is 6.07 Å². The summed E-state index contributed by atoms with van der Waals surface area (Å²) < 4.78 is 11.1. The van der Waals surface area contributed by atoms with Crippen molar-refractivity contribution in [3.63, 3.8) is 0 Å². The van der Waals surface area contributed by atoms with Crippen LogP contribution < -0.4 is 5.32 Å². The van der Waals surface area contributed by atoms with E-state index >= 15 is 0 Å². The molecule has 1 atom stereocenters. The predicted octanol–water partition coefficient (Wildman–Crippen LogP) is 1.49. The van der Waals surface area contributed by atoms with E-state index in [9.17, 15) is 19.5 Å². The molecular weight excluding hydrogens is 388 g/mol. The fraction of sp³-hybridized carbons (Fsp3) is 0.318. The van der Waals surface area contributed by atoms with Gasteiger partial charge in [-0.3, -0.25) is 9.59 Å². The number of nitrogens with one attached hydrogen (secondary N) is 1. The van der Waals surface area contributed by atoms with Crippen LogP contribution in [0.15, 0.2) is 42.5 Å². The molecule has 8 heteroatoms. The Hall–Kier alpha value is -3.23. The molecule has 0 saturated carbocycles. The molecule has 1 spiro atoms. The van der Waals surface area contributed by atoms with Gasteiger partial charge in [0.15, 0.2) is 5.79 Å². The first-order valence-electron chi connectivity index (χ1n) is 9.80. The van der Waals surface area contributed by atoms with Gasteiger partial charge in [0.05, 0.1) is 26.3 Å². The quantitative estimate of drug-likeness (QED) is 0.678. The third kappa shape index (κ3) is 2.96. The van der Waals surface area contributed by atoms with Crippen LogP contribution in [0.25, 0.3) is 22.3 Å². The number of fused-ring (bicyclic) bond motifs is 4. The summed E-state index contributed by atoms with van der Waals surface area (Å²) in [7, 11) is 0. The summed E-state index contributed by atoms with van der Waals surface area (Å²) in [6, 6.07) is 12.4. The summed E-state index contributed by atoms with van der Waals surface area (Å²) in [6.07, 6.45) is 0.0756. The minimum absolute atomic E-state index is 0.0360. The molecular formula is C22H20N2O6. The summed E-state index contributed by atoms with van der Waals surface area (Å²) in [6.45, 7) is 0.472. The SMILES string of the molecule is O=C(NCC(=O)N1CC2(CC1C(=O)O)OCCO2)c1ccc2c(c1)-c1ccccc1-2. The zero-order valence-electron chi connectivity index (χ0n) is 16.1. The molecule has 0 aromatic heterocycles. The topological polar surface area (TPSA) is 105 Å². The van der Waals surface area contributed by atoms with Crippen molar-refractivity contribution in [2.24, 2.45) is 0 Å². The fourth-order valence-electron chi connectivity index (χ4n) is 4.42. The van der Waals surface area contributed by atoms with Crippen molar-refractivity contribution in [3.8, 4) is 22.3 Å². The van der Waals surface area contributed by atoms with Gasteiger partial charge in [0.2, 0.25) is 5.91 Å². The number of carboxylic acid groups (broad SMARTS) is 1. The molecule has 2 N–H and O–H groups in total. The average molecular weight is 408 g/mol. The molecule has 3 aliphatic rings. The number of carbonyl (C=O) groups is 3. The molecule has 2 saturated heterocycles. The number of rotatable bonds is 4. The smallest absolute Gasteiger partial charge is 0.326 e. The fourth-order valence-corrected chi connectivity index (χ4v) is 4.42. The number of ether oxygens (including phenoxy) is 2. The highest BCUT2D eigenvalue weighted by molar-refractivity contribution is 6.06. The zero-order valence-corrected chi connectivity index (χ0v) is 16.1. The van der Waals surface area contributed by atoms with Gasteiger partial charge in [0.25, 0.3) is 5.91 Å². The lowest BCUT2D eigenvalue weighted by atomic mass is 9.80. The number of amides is 2. The van der Waals surface area contributed by atoms with Crippen LogP contribution in [0.2, 0.25) is 0 Å². The lowest BCUT2D eigenvalue weighted by Gasteiger charge is -2.24. The van der Waals surface area contributed by atoms with Gasteiger partial charge >= 0.3 is 5.97 Å². The van der Waals surface area contributed by atoms with E-state index in [2.05, 4.69) is 5.32 Å². The number of aliphatic carboxylic acids is 1. The Morgan fingerprint density at radius 2 is 1.70 bits per heavy atom. The molecule has 30 heavy (non-hydrogen) atoms. The van der Waals surface area contributed by atoms with E-state index in [0.29, 0.717) is 18.8 Å². The minimum atomic E-state index is -1.12. The van der Waals surface area contributed by atoms with E-state index in [-0.39, 0.29) is 25.4 Å². The van der Waals surface area contributed by atoms with Crippen LogP contribution in [-0.2, 0) is 19.1 Å². The Balaban J connectivity index is 1.25. The maximum Gasteiger partial charge on any atom is 0.326 e. The zero-order chi connectivity index (χ0) is 20.9. The highest BCUT2D eigenvalue weighted by Gasteiger charge is 2.52. The maximum absolute atomic E-state index is 12.7. The third-order valence-electron chi connectivity index (χ3n) is 5.90. The van der Waals surface area contributed by atoms with Gasteiger partial charge in [-0.05, 0) is 34.4 Å². The molecule has 2 aliphatic heterocycles. The van der Waals surface area contributed by atoms with Crippen molar-refractivity contribution in [1.29, 1.82) is 0 Å². The van der Waals surface area contributed by atoms with Crippen LogP contribution in [0.4, 0.5) is 0 Å². The summed E-state index contributed by atoms with van der Waals surface area (Å²) in [5.41, 5.74) is 4.82. The summed E-state index contributed by atoms with van der Waals surface area (Å²) in [4.78, 5) is 38.1. The molecule has 5 rings (SSSR count). The van der Waals surface area contributed by atoms with Crippen molar-refractivity contribution in [2.75, 3.05) is 26.3 Å². The molecule has 0 radical (unpaired) electrons. The molecule has 154 valence electrons. The van der Waals surface area contributed by atoms with Crippen molar-refractivity contribution < 1.29 is 29.0 Å². The molecule has 2 heterocycles. The lowest BCUT2D eigenvalue weighted by Crippen LogP contribution is -2.46. The number of hydrogen-bond donors (Lipinski definition) is 2. The van der Waals surface area contributed by atoms with Crippen LogP contribution in [-0.4, -0.2) is 65.9 Å². The van der Waals surface area contributed by atoms with Crippen molar-refractivity contribution in [2.45, 2.75) is 18.2 Å². The Labute approximate surface area is 172 Å². The monoisotopic (exact) mass is 408 g/mol. The Morgan fingerprint density at radius 3 is 2.40 bits per heavy atom. The van der Waals surface area contributed by atoms with E-state index in [1.807, 2.05) is 36.4 Å². The molecule has 0 bridgehead atoms. The van der Waals surface area contributed by atoms with Gasteiger partial charge in [-0.1, -0.05) is 30.3 Å². The molecule has 8 nitrogen and oxygen atoms in total. The summed E-state index contributed by atoms with van der Waals surface area (Å²) >= 11 is 0. The second-order valence-corrected chi connectivity index (χ2v) is 7.68. The van der Waals surface area contributed by atoms with Gasteiger partial charge < -0.3 is 24.8 Å². The van der Waals surface area contributed by atoms with Crippen molar-refractivity contribution >= 4 is 17.8 Å². The van der Waals surface area contributed by atoms with Crippen LogP contribution in [0, 0.1) is 0 Å². The third-order valence-corrected chi connectivity index (χ3v) is 5.90. The summed E-state index contributed by atoms with van der Waals surface area (Å²) in [5, 5.41) is 12.1. The Kier molecular flexibility index (Phi) is 4.34. The first-order valence-corrected chi connectivity index (χ1v) is 9.80. The van der Waals surface area contributed by atoms with E-state index < -0.39 is 23.7 Å². The van der Waals surface area contributed by atoms with E-state index in [4.69, 9.17) is 9.47 Å². The molecule has 2 fully saturated rings. The molecule has 2 aromatic rings. The number of carbonyl (C=O) groups excluding carboxylic acids is 2. The first-order chi connectivity index (χ1) is 14.5. The number of benzene rings is 2. The van der Waals surface area contributed by atoms with Crippen molar-refractivity contribution in [1.82, 2.24) is 10.2 Å². The van der Waals surface area contributed by atoms with Gasteiger partial charge in [-0.15, -0.1) is 0 Å². The number of nitrogens with zero attached hydrogens (tertiary/aromatic N) is 1. The molecule has 1 aliphatic carbocycles. The highest BCUT2D eigenvalue weighted by atomic mass is 16.7. The highest BCUT2D eigenvalue weighted by Crippen LogP contribution is 2.47. The molecule has 2 aromatic carbocycles. The Morgan fingerprint density at radius 1 is 1.03 bits per heavy atom. The van der Waals surface area contributed by atoms with Crippen LogP contribution >= 0.6 is 0 Å². The molecule has 2 amide bonds. The Bertz CT molecular complexity index is 1060. The van der Waals surface area contributed by atoms with E-state index in [1.165, 1.54) is 4.90 Å². The predicted molar refractivity (Wildman–Crippen MR) is 106 cm³/mol. The maximum atomic E-state index is 12.7. The molecule has 1 unspecified atom stereocenters. The number of hydrogen-bond acceptors (Lipinski definition) is 5. The van der Waals surface area contributed by atoms with Gasteiger partial charge in [-0.25, -0.2) is 4.79 Å². The van der Waals surface area contributed by atoms with Gasteiger partial charge in [0.1, 0.15) is 6.04 Å². The summed E-state index contributed by atoms with van der Waals surface area (Å²) in [5.74, 6) is -3.05. The number of likely N-dealkylation sites (tertiary alicyclic amines) is 1. The van der Waals surface area contributed by atoms with Crippen molar-refractivity contribution in [3.05, 3.63) is 48.0 Å². The van der Waals surface area contributed by atoms with Gasteiger partial charge in [-0.2, -0.15) is 0 Å². The first kappa shape index (κ1) is 18.8. The van der Waals surface area contributed by atoms with Crippen LogP contribution in [0.3, 0.4) is 0 Å². The second-order valence-electron chi connectivity index (χ2n) is 7.68. The van der Waals surface area contributed by atoms with Crippen LogP contribution in [0.5, 0.6) is 0 Å². The largest absolute Gasteiger partial charge is 0.480 e. The minimum Gasteiger partial charge on any atom is -0.480 e. The lowest BCUT2D eigenvalue weighted by molar-refractivity contribution is -0.152. The van der Waals surface area contributed by atoms with E-state index in [0.717, 1.165) is 22.3 Å². The second kappa shape index (κ2) is 6.93. The normalized spacial score (nSPS) is 20.4. The standard InChI is InChI=1S/C22H20N2O6/c25-19(24-12-22(29-7-8-30-22)10-18(24)21(27)28)11-23-20(26)13-5-6-16-14-3-1-2-4-15(14)17(16)9-13/h1-6,9,18H,7-8,10-12H2,(H,23,26)(H,27,28). The van der Waals surface area contributed by atoms with Crippen LogP contribution in [0.1, 0.15) is 16.8 Å². The number of carboxylic acids is 1. The van der Waals surface area contributed by atoms with Gasteiger partial charge in [0, 0.05) is 12.0 Å². The average Bonchev–Trinajstić information content (AvgIpc) is 3.37.